The SMILES string of the molecule is CCC(C)n1c(CCl)nc2ccc(C)nc21. The third-order valence-electron chi connectivity index (χ3n) is 2.90. The molecule has 1 unspecified atom stereocenters. The number of halogens is 1. The number of nitrogens with zero attached hydrogens (tertiary/aromatic N) is 3. The summed E-state index contributed by atoms with van der Waals surface area (Å²) in [5, 5.41) is 0. The first-order valence-corrected chi connectivity index (χ1v) is 6.11. The van der Waals surface area contributed by atoms with Crippen molar-refractivity contribution in [2.24, 2.45) is 0 Å². The first kappa shape index (κ1) is 11.4. The molecule has 0 spiro atoms. The average Bonchev–Trinajstić information content (AvgIpc) is 2.65. The van der Waals surface area contributed by atoms with E-state index in [0.29, 0.717) is 11.9 Å². The molecule has 86 valence electrons. The molecule has 2 aromatic heterocycles. The lowest BCUT2D eigenvalue weighted by molar-refractivity contribution is 0.526. The van der Waals surface area contributed by atoms with Crippen molar-refractivity contribution in [1.82, 2.24) is 14.5 Å². The van der Waals surface area contributed by atoms with Crippen LogP contribution in [-0.4, -0.2) is 14.5 Å². The summed E-state index contributed by atoms with van der Waals surface area (Å²) in [6.45, 7) is 6.32. The van der Waals surface area contributed by atoms with E-state index in [2.05, 4.69) is 28.4 Å². The van der Waals surface area contributed by atoms with E-state index < -0.39 is 0 Å². The second kappa shape index (κ2) is 4.42. The summed E-state index contributed by atoms with van der Waals surface area (Å²) in [5.74, 6) is 1.34. The molecule has 0 radical (unpaired) electrons. The second-order valence-electron chi connectivity index (χ2n) is 4.08. The first-order chi connectivity index (χ1) is 7.67. The van der Waals surface area contributed by atoms with E-state index in [1.165, 1.54) is 0 Å². The lowest BCUT2D eigenvalue weighted by Gasteiger charge is -2.14. The van der Waals surface area contributed by atoms with Gasteiger partial charge in [0.1, 0.15) is 11.3 Å². The van der Waals surface area contributed by atoms with Crippen LogP contribution in [0.25, 0.3) is 11.2 Å². The van der Waals surface area contributed by atoms with Crippen molar-refractivity contribution in [3.8, 4) is 0 Å². The highest BCUT2D eigenvalue weighted by atomic mass is 35.5. The Labute approximate surface area is 100 Å². The third kappa shape index (κ3) is 1.80. The number of rotatable bonds is 3. The topological polar surface area (TPSA) is 30.7 Å². The summed E-state index contributed by atoms with van der Waals surface area (Å²) in [4.78, 5) is 9.06. The number of pyridine rings is 1. The van der Waals surface area contributed by atoms with Gasteiger partial charge >= 0.3 is 0 Å². The standard InChI is InChI=1S/C12H16ClN3/c1-4-9(3)16-11(7-13)15-10-6-5-8(2)14-12(10)16/h5-6,9H,4,7H2,1-3H3. The monoisotopic (exact) mass is 237 g/mol. The molecule has 2 aromatic rings. The molecule has 0 saturated heterocycles. The molecular formula is C12H16ClN3. The maximum atomic E-state index is 5.93. The fourth-order valence-corrected chi connectivity index (χ4v) is 2.04. The zero-order chi connectivity index (χ0) is 11.7. The number of hydrogen-bond acceptors (Lipinski definition) is 2. The minimum atomic E-state index is 0.382. The fraction of sp³-hybridized carbons (Fsp3) is 0.500. The molecule has 3 nitrogen and oxygen atoms in total. The van der Waals surface area contributed by atoms with E-state index in [0.717, 1.165) is 29.1 Å². The highest BCUT2D eigenvalue weighted by Gasteiger charge is 2.14. The van der Waals surface area contributed by atoms with Gasteiger partial charge in [-0.2, -0.15) is 0 Å². The molecule has 0 aliphatic heterocycles. The van der Waals surface area contributed by atoms with Gasteiger partial charge in [0.2, 0.25) is 0 Å². The van der Waals surface area contributed by atoms with Gasteiger partial charge < -0.3 is 4.57 Å². The fourth-order valence-electron chi connectivity index (χ4n) is 1.86. The zero-order valence-electron chi connectivity index (χ0n) is 9.87. The number of fused-ring (bicyclic) bond motifs is 1. The van der Waals surface area contributed by atoms with Crippen molar-refractivity contribution >= 4 is 22.8 Å². The molecule has 0 saturated carbocycles. The zero-order valence-corrected chi connectivity index (χ0v) is 10.6. The van der Waals surface area contributed by atoms with Crippen molar-refractivity contribution in [3.05, 3.63) is 23.7 Å². The number of aryl methyl sites for hydroxylation is 1. The van der Waals surface area contributed by atoms with E-state index in [1.54, 1.807) is 0 Å². The summed E-state index contributed by atoms with van der Waals surface area (Å²) in [6, 6.07) is 4.37. The Balaban J connectivity index is 2.70. The van der Waals surface area contributed by atoms with Gasteiger partial charge in [-0.15, -0.1) is 11.6 Å². The van der Waals surface area contributed by atoms with E-state index in [1.807, 2.05) is 19.1 Å². The predicted molar refractivity (Wildman–Crippen MR) is 66.8 cm³/mol. The van der Waals surface area contributed by atoms with Crippen molar-refractivity contribution < 1.29 is 0 Å². The smallest absolute Gasteiger partial charge is 0.160 e. The lowest BCUT2D eigenvalue weighted by atomic mass is 10.2. The van der Waals surface area contributed by atoms with Crippen LogP contribution in [0, 0.1) is 6.92 Å². The lowest BCUT2D eigenvalue weighted by Crippen LogP contribution is -2.08. The number of imidazole rings is 1. The summed E-state index contributed by atoms with van der Waals surface area (Å²) >= 11 is 5.93. The highest BCUT2D eigenvalue weighted by molar-refractivity contribution is 6.16. The van der Waals surface area contributed by atoms with Gasteiger partial charge in [-0.1, -0.05) is 6.92 Å². The Morgan fingerprint density at radius 1 is 1.38 bits per heavy atom. The minimum Gasteiger partial charge on any atom is -0.309 e. The van der Waals surface area contributed by atoms with Crippen LogP contribution in [0.2, 0.25) is 0 Å². The molecule has 0 fully saturated rings. The summed E-state index contributed by atoms with van der Waals surface area (Å²) in [7, 11) is 0. The van der Waals surface area contributed by atoms with E-state index in [9.17, 15) is 0 Å². The average molecular weight is 238 g/mol. The third-order valence-corrected chi connectivity index (χ3v) is 3.14. The molecule has 2 heterocycles. The van der Waals surface area contributed by atoms with Crippen LogP contribution in [-0.2, 0) is 5.88 Å². The van der Waals surface area contributed by atoms with Gasteiger partial charge in [0.05, 0.1) is 5.88 Å². The molecule has 1 atom stereocenters. The van der Waals surface area contributed by atoms with Crippen molar-refractivity contribution in [2.75, 3.05) is 0 Å². The minimum absolute atomic E-state index is 0.382. The normalized spacial score (nSPS) is 13.2. The molecule has 2 rings (SSSR count). The molecule has 4 heteroatoms. The number of alkyl halides is 1. The van der Waals surface area contributed by atoms with Gasteiger partial charge in [-0.3, -0.25) is 0 Å². The molecule has 0 N–H and O–H groups in total. The molecule has 0 aliphatic rings. The van der Waals surface area contributed by atoms with Gasteiger partial charge in [0.25, 0.3) is 0 Å². The van der Waals surface area contributed by atoms with E-state index in [4.69, 9.17) is 11.6 Å². The van der Waals surface area contributed by atoms with Crippen molar-refractivity contribution in [3.63, 3.8) is 0 Å². The summed E-state index contributed by atoms with van der Waals surface area (Å²) < 4.78 is 2.15. The Kier molecular flexibility index (Phi) is 3.15. The molecule has 0 bridgehead atoms. The van der Waals surface area contributed by atoms with Crippen LogP contribution in [0.15, 0.2) is 12.1 Å². The highest BCUT2D eigenvalue weighted by Crippen LogP contribution is 2.22. The largest absolute Gasteiger partial charge is 0.309 e. The maximum Gasteiger partial charge on any atom is 0.160 e. The summed E-state index contributed by atoms with van der Waals surface area (Å²) in [5.41, 5.74) is 2.89. The van der Waals surface area contributed by atoms with Gasteiger partial charge in [0.15, 0.2) is 5.65 Å². The van der Waals surface area contributed by atoms with Crippen LogP contribution in [0.3, 0.4) is 0 Å². The molecule has 0 aromatic carbocycles. The molecule has 16 heavy (non-hydrogen) atoms. The van der Waals surface area contributed by atoms with Crippen LogP contribution in [0.5, 0.6) is 0 Å². The molecule has 0 aliphatic carbocycles. The van der Waals surface area contributed by atoms with E-state index in [-0.39, 0.29) is 0 Å². The Morgan fingerprint density at radius 2 is 2.12 bits per heavy atom. The van der Waals surface area contributed by atoms with Crippen LogP contribution < -0.4 is 0 Å². The van der Waals surface area contributed by atoms with Crippen LogP contribution in [0.1, 0.15) is 37.8 Å². The summed E-state index contributed by atoms with van der Waals surface area (Å²) in [6.07, 6.45) is 1.05. The van der Waals surface area contributed by atoms with Gasteiger partial charge in [0, 0.05) is 11.7 Å². The number of hydrogen-bond donors (Lipinski definition) is 0. The molecular weight excluding hydrogens is 222 g/mol. The van der Waals surface area contributed by atoms with Crippen LogP contribution in [0.4, 0.5) is 0 Å². The first-order valence-electron chi connectivity index (χ1n) is 5.57. The van der Waals surface area contributed by atoms with Gasteiger partial charge in [-0.05, 0) is 32.4 Å². The van der Waals surface area contributed by atoms with Crippen LogP contribution >= 0.6 is 11.6 Å². The second-order valence-corrected chi connectivity index (χ2v) is 4.35. The Hall–Kier alpha value is -1.09. The quantitative estimate of drug-likeness (QED) is 0.766. The Bertz CT molecular complexity index is 504. The predicted octanol–water partition coefficient (Wildman–Crippen LogP) is 3.45. The van der Waals surface area contributed by atoms with Crippen molar-refractivity contribution in [2.45, 2.75) is 39.1 Å². The number of aromatic nitrogens is 3. The van der Waals surface area contributed by atoms with Gasteiger partial charge in [-0.25, -0.2) is 9.97 Å². The van der Waals surface area contributed by atoms with E-state index >= 15 is 0 Å². The Morgan fingerprint density at radius 3 is 2.75 bits per heavy atom. The maximum absolute atomic E-state index is 5.93. The molecule has 0 amide bonds. The van der Waals surface area contributed by atoms with Crippen molar-refractivity contribution in [1.29, 1.82) is 0 Å².